The lowest BCUT2D eigenvalue weighted by Crippen LogP contribution is -2.21. The molecule has 0 radical (unpaired) electrons. The fourth-order valence-corrected chi connectivity index (χ4v) is 2.59. The van der Waals surface area contributed by atoms with E-state index in [4.69, 9.17) is 5.11 Å². The van der Waals surface area contributed by atoms with E-state index in [0.717, 1.165) is 0 Å². The van der Waals surface area contributed by atoms with Crippen molar-refractivity contribution in [1.29, 1.82) is 0 Å². The van der Waals surface area contributed by atoms with Gasteiger partial charge < -0.3 is 35.7 Å². The summed E-state index contributed by atoms with van der Waals surface area (Å²) in [6.07, 6.45) is 0. The molecule has 2 aliphatic rings. The van der Waals surface area contributed by atoms with Crippen LogP contribution in [0.1, 0.15) is 42.2 Å². The van der Waals surface area contributed by atoms with Crippen molar-refractivity contribution in [3.05, 3.63) is 33.9 Å². The van der Waals surface area contributed by atoms with Gasteiger partial charge in [-0.2, -0.15) is 0 Å². The molecule has 25 heavy (non-hydrogen) atoms. The number of benzene rings is 2. The molecule has 0 atom stereocenters. The van der Waals surface area contributed by atoms with Crippen molar-refractivity contribution in [2.24, 2.45) is 0 Å². The highest BCUT2D eigenvalue weighted by atomic mass is 16.4. The molecule has 2 aromatic carbocycles. The third-order valence-electron chi connectivity index (χ3n) is 3.81. The van der Waals surface area contributed by atoms with Gasteiger partial charge in [0.2, 0.25) is 11.6 Å². The number of phenolic OH excluding ortho intramolecular Hbond substituents is 5. The molecular formula is C15H8O10. The van der Waals surface area contributed by atoms with Crippen molar-refractivity contribution >= 4 is 17.5 Å². The second kappa shape index (κ2) is 4.77. The number of ketones is 2. The molecule has 0 saturated heterocycles. The number of carbonyl (C=O) groups excluding carboxylic acids is 2. The fraction of sp³-hybridized carbons (Fsp3) is 0. The zero-order valence-electron chi connectivity index (χ0n) is 11.9. The molecule has 0 unspecified atom stereocenters. The monoisotopic (exact) mass is 348 g/mol. The Balaban J connectivity index is 2.29. The molecule has 0 amide bonds. The van der Waals surface area contributed by atoms with Gasteiger partial charge >= 0.3 is 5.97 Å². The number of carbonyl (C=O) groups is 3. The van der Waals surface area contributed by atoms with Crippen LogP contribution in [0.15, 0.2) is 6.07 Å². The van der Waals surface area contributed by atoms with Crippen LogP contribution in [0.3, 0.4) is 0 Å². The number of hydrogen-bond acceptors (Lipinski definition) is 9. The van der Waals surface area contributed by atoms with Gasteiger partial charge in [-0.25, -0.2) is 4.79 Å². The molecule has 2 aliphatic carbocycles. The molecule has 0 heterocycles. The van der Waals surface area contributed by atoms with E-state index in [2.05, 4.69) is 0 Å². The van der Waals surface area contributed by atoms with E-state index in [9.17, 15) is 45.0 Å². The molecule has 0 fully saturated rings. The summed E-state index contributed by atoms with van der Waals surface area (Å²) in [5, 5.41) is 67.3. The van der Waals surface area contributed by atoms with Crippen LogP contribution in [-0.2, 0) is 0 Å². The number of carboxylic acid groups (broad SMARTS) is 1. The minimum atomic E-state index is -1.71. The fourth-order valence-electron chi connectivity index (χ4n) is 2.59. The van der Waals surface area contributed by atoms with Gasteiger partial charge in [0.25, 0.3) is 0 Å². The van der Waals surface area contributed by atoms with Gasteiger partial charge in [0.05, 0.1) is 11.1 Å². The maximum atomic E-state index is 12.5. The Kier molecular flexibility index (Phi) is 3.04. The highest BCUT2D eigenvalue weighted by molar-refractivity contribution is 6.32. The first kappa shape index (κ1) is 15.9. The maximum absolute atomic E-state index is 12.5. The zero-order chi connectivity index (χ0) is 18.8. The molecule has 128 valence electrons. The molecule has 0 aliphatic heterocycles. The molecule has 7 N–H and O–H groups in total. The number of aromatic carboxylic acids is 1. The normalized spacial score (nSPS) is 11.9. The summed E-state index contributed by atoms with van der Waals surface area (Å²) in [6.45, 7) is 0. The number of carboxylic acids is 1. The quantitative estimate of drug-likeness (QED) is 0.198. The third-order valence-corrected chi connectivity index (χ3v) is 3.81. The first-order valence-electron chi connectivity index (χ1n) is 6.50. The minimum Gasteiger partial charge on any atom is -0.507 e. The lowest BCUT2D eigenvalue weighted by Gasteiger charge is -2.23. The molecule has 0 aromatic heterocycles. The molecule has 0 saturated carbocycles. The zero-order valence-corrected chi connectivity index (χ0v) is 11.9. The van der Waals surface area contributed by atoms with Crippen molar-refractivity contribution in [3.63, 3.8) is 0 Å². The second-order valence-electron chi connectivity index (χ2n) is 5.15. The van der Waals surface area contributed by atoms with Crippen LogP contribution in [0.2, 0.25) is 0 Å². The largest absolute Gasteiger partial charge is 0.507 e. The highest BCUT2D eigenvalue weighted by Crippen LogP contribution is 2.52. The third kappa shape index (κ3) is 1.81. The number of fused-ring (bicyclic) bond motifs is 2. The molecule has 10 nitrogen and oxygen atoms in total. The molecule has 4 rings (SSSR count). The summed E-state index contributed by atoms with van der Waals surface area (Å²) in [7, 11) is 0. The van der Waals surface area contributed by atoms with Crippen LogP contribution < -0.4 is 0 Å². The van der Waals surface area contributed by atoms with E-state index in [0.29, 0.717) is 6.07 Å². The SMILES string of the molecule is O=C(O)c1cc(O)c(C(=O)c2c(O)c(O)c3c(O)c2C3=O)c(O)c1O. The molecular weight excluding hydrogens is 340 g/mol. The Morgan fingerprint density at radius 2 is 1.28 bits per heavy atom. The van der Waals surface area contributed by atoms with Gasteiger partial charge in [0.1, 0.15) is 28.2 Å². The van der Waals surface area contributed by atoms with Gasteiger partial charge in [-0.15, -0.1) is 0 Å². The lowest BCUT2D eigenvalue weighted by atomic mass is 9.80. The summed E-state index contributed by atoms with van der Waals surface area (Å²) < 4.78 is 0. The smallest absolute Gasteiger partial charge is 0.339 e. The topological polar surface area (TPSA) is 193 Å². The van der Waals surface area contributed by atoms with E-state index in [-0.39, 0.29) is 0 Å². The number of phenols is 6. The Morgan fingerprint density at radius 3 is 1.80 bits per heavy atom. The maximum Gasteiger partial charge on any atom is 0.339 e. The Bertz CT molecular complexity index is 1020. The van der Waals surface area contributed by atoms with Gasteiger partial charge in [-0.1, -0.05) is 0 Å². The molecule has 0 spiro atoms. The average molecular weight is 348 g/mol. The minimum absolute atomic E-state index is 0.475. The van der Waals surface area contributed by atoms with Crippen molar-refractivity contribution in [3.8, 4) is 34.5 Å². The number of rotatable bonds is 3. The Labute approximate surface area is 137 Å². The van der Waals surface area contributed by atoms with Crippen LogP contribution in [-0.4, -0.2) is 53.3 Å². The number of hydrogen-bond donors (Lipinski definition) is 7. The molecule has 2 bridgehead atoms. The average Bonchev–Trinajstić information content (AvgIpc) is 2.53. The van der Waals surface area contributed by atoms with Crippen molar-refractivity contribution in [2.75, 3.05) is 0 Å². The van der Waals surface area contributed by atoms with Crippen LogP contribution >= 0.6 is 0 Å². The van der Waals surface area contributed by atoms with Crippen molar-refractivity contribution < 1.29 is 50.1 Å². The van der Waals surface area contributed by atoms with Gasteiger partial charge in [0, 0.05) is 0 Å². The first-order valence-corrected chi connectivity index (χ1v) is 6.50. The summed E-state index contributed by atoms with van der Waals surface area (Å²) in [4.78, 5) is 35.2. The van der Waals surface area contributed by atoms with Crippen LogP contribution in [0.4, 0.5) is 0 Å². The van der Waals surface area contributed by atoms with E-state index < -0.39 is 79.9 Å². The summed E-state index contributed by atoms with van der Waals surface area (Å²) >= 11 is 0. The van der Waals surface area contributed by atoms with Crippen LogP contribution in [0.5, 0.6) is 34.5 Å². The first-order chi connectivity index (χ1) is 11.6. The van der Waals surface area contributed by atoms with E-state index in [1.165, 1.54) is 0 Å². The van der Waals surface area contributed by atoms with Crippen LogP contribution in [0, 0.1) is 0 Å². The van der Waals surface area contributed by atoms with Crippen LogP contribution in [0.25, 0.3) is 0 Å². The lowest BCUT2D eigenvalue weighted by molar-refractivity contribution is 0.0691. The summed E-state index contributed by atoms with van der Waals surface area (Å²) in [5.74, 6) is -10.6. The van der Waals surface area contributed by atoms with Gasteiger partial charge in [-0.3, -0.25) is 9.59 Å². The standard InChI is InChI=1S/C15H8O10/c16-3-1-2(15(24)25)8(17)12(21)4(3)9(18)6-5-10(19)7(11(5)20)14(23)13(6)22/h1,16-17,19,21-23H,(H,24,25). The summed E-state index contributed by atoms with van der Waals surface area (Å²) in [6, 6.07) is 0.475. The van der Waals surface area contributed by atoms with Gasteiger partial charge in [0.15, 0.2) is 23.0 Å². The number of aromatic hydroxyl groups is 6. The van der Waals surface area contributed by atoms with E-state index >= 15 is 0 Å². The molecule has 2 aromatic rings. The Morgan fingerprint density at radius 1 is 0.720 bits per heavy atom. The van der Waals surface area contributed by atoms with Crippen molar-refractivity contribution in [2.45, 2.75) is 0 Å². The van der Waals surface area contributed by atoms with Gasteiger partial charge in [-0.05, 0) is 6.07 Å². The predicted octanol–water partition coefficient (Wildman–Crippen LogP) is 0.394. The predicted molar refractivity (Wildman–Crippen MR) is 76.7 cm³/mol. The van der Waals surface area contributed by atoms with Crippen molar-refractivity contribution in [1.82, 2.24) is 0 Å². The van der Waals surface area contributed by atoms with E-state index in [1.54, 1.807) is 0 Å². The second-order valence-corrected chi connectivity index (χ2v) is 5.15. The van der Waals surface area contributed by atoms with E-state index in [1.807, 2.05) is 0 Å². The highest BCUT2D eigenvalue weighted by Gasteiger charge is 2.43. The Hall–Kier alpha value is -3.95. The summed E-state index contributed by atoms with van der Waals surface area (Å²) in [5.41, 5.74) is -4.07. The molecule has 10 heteroatoms.